The van der Waals surface area contributed by atoms with Crippen LogP contribution in [0.3, 0.4) is 0 Å². The van der Waals surface area contributed by atoms with Crippen molar-refractivity contribution in [2.75, 3.05) is 5.75 Å². The highest BCUT2D eigenvalue weighted by Gasteiger charge is 2.42. The molecule has 0 saturated heterocycles. The molecule has 0 aromatic heterocycles. The highest BCUT2D eigenvalue weighted by Crippen LogP contribution is 2.33. The van der Waals surface area contributed by atoms with Gasteiger partial charge in [0.2, 0.25) is 0 Å². The van der Waals surface area contributed by atoms with Crippen LogP contribution in [0.1, 0.15) is 0 Å². The first kappa shape index (κ1) is 15.5. The normalized spacial score (nSPS) is 14.5. The van der Waals surface area contributed by atoms with Gasteiger partial charge in [0.15, 0.2) is 5.84 Å². The minimum atomic E-state index is -4.74. The number of thioether (sulfide) groups is 1. The Bertz CT molecular complexity index is 477. The largest absolute Gasteiger partial charge is 0.409 e. The average Bonchev–Trinajstić information content (AvgIpc) is 2.31. The van der Waals surface area contributed by atoms with Gasteiger partial charge in [0, 0.05) is 10.6 Å². The summed E-state index contributed by atoms with van der Waals surface area (Å²) < 4.78 is 63.8. The van der Waals surface area contributed by atoms with E-state index in [1.165, 1.54) is 0 Å². The third-order valence-corrected chi connectivity index (χ3v) is 3.29. The van der Waals surface area contributed by atoms with E-state index in [1.807, 2.05) is 0 Å². The van der Waals surface area contributed by atoms with Crippen LogP contribution in [-0.4, -0.2) is 23.0 Å². The maximum absolute atomic E-state index is 13.2. The third-order valence-electron chi connectivity index (χ3n) is 2.17. The topological polar surface area (TPSA) is 58.6 Å². The first-order chi connectivity index (χ1) is 8.75. The molecule has 0 aliphatic rings. The molecule has 1 atom stereocenters. The van der Waals surface area contributed by atoms with Crippen LogP contribution < -0.4 is 5.73 Å². The smallest absolute Gasteiger partial charge is 0.399 e. The summed E-state index contributed by atoms with van der Waals surface area (Å²) in [5, 5.41) is 10.6. The van der Waals surface area contributed by atoms with E-state index < -0.39 is 35.3 Å². The molecule has 0 spiro atoms. The molecule has 3 nitrogen and oxygen atoms in total. The van der Waals surface area contributed by atoms with Gasteiger partial charge < -0.3 is 10.9 Å². The maximum atomic E-state index is 13.2. The molecule has 0 bridgehead atoms. The lowest BCUT2D eigenvalue weighted by atomic mass is 10.1. The lowest BCUT2D eigenvalue weighted by Gasteiger charge is -2.18. The molecule has 0 aliphatic heterocycles. The molecular weight excluding hydrogens is 291 g/mol. The quantitative estimate of drug-likeness (QED) is 0.224. The van der Waals surface area contributed by atoms with Crippen molar-refractivity contribution in [3.05, 3.63) is 29.8 Å². The Kier molecular flexibility index (Phi) is 4.98. The van der Waals surface area contributed by atoms with Crippen LogP contribution in [0.2, 0.25) is 0 Å². The fraction of sp³-hybridized carbons (Fsp3) is 0.300. The average molecular weight is 300 g/mol. The number of nitrogens with zero attached hydrogens (tertiary/aromatic N) is 1. The van der Waals surface area contributed by atoms with Crippen LogP contribution >= 0.6 is 11.8 Å². The minimum absolute atomic E-state index is 0.278. The van der Waals surface area contributed by atoms with E-state index in [0.717, 1.165) is 18.2 Å². The zero-order valence-corrected chi connectivity index (χ0v) is 10.1. The fourth-order valence-electron chi connectivity index (χ4n) is 1.18. The molecule has 1 aromatic rings. The molecule has 0 amide bonds. The van der Waals surface area contributed by atoms with Crippen molar-refractivity contribution in [2.24, 2.45) is 16.8 Å². The number of oxime groups is 1. The van der Waals surface area contributed by atoms with Crippen LogP contribution in [-0.2, 0) is 0 Å². The van der Waals surface area contributed by atoms with Crippen molar-refractivity contribution < 1.29 is 27.2 Å². The number of benzene rings is 1. The SMILES string of the molecule is N/C(=N/O)C(CSc1cc(F)ccc1F)C(F)(F)F. The lowest BCUT2D eigenvalue weighted by Crippen LogP contribution is -2.37. The van der Waals surface area contributed by atoms with Crippen molar-refractivity contribution in [1.29, 1.82) is 0 Å². The lowest BCUT2D eigenvalue weighted by molar-refractivity contribution is -0.150. The van der Waals surface area contributed by atoms with E-state index in [-0.39, 0.29) is 4.90 Å². The van der Waals surface area contributed by atoms with Crippen LogP contribution in [0.4, 0.5) is 22.0 Å². The minimum Gasteiger partial charge on any atom is -0.409 e. The van der Waals surface area contributed by atoms with E-state index in [2.05, 4.69) is 5.16 Å². The fourth-order valence-corrected chi connectivity index (χ4v) is 2.29. The van der Waals surface area contributed by atoms with E-state index in [4.69, 9.17) is 10.9 Å². The summed E-state index contributed by atoms with van der Waals surface area (Å²) in [5.74, 6) is -5.61. The summed E-state index contributed by atoms with van der Waals surface area (Å²) in [4.78, 5) is -0.278. The first-order valence-electron chi connectivity index (χ1n) is 4.87. The second kappa shape index (κ2) is 6.09. The van der Waals surface area contributed by atoms with E-state index >= 15 is 0 Å². The van der Waals surface area contributed by atoms with Crippen LogP contribution in [0, 0.1) is 17.6 Å². The monoisotopic (exact) mass is 300 g/mol. The van der Waals surface area contributed by atoms with Crippen molar-refractivity contribution in [3.8, 4) is 0 Å². The number of nitrogens with two attached hydrogens (primary N) is 1. The number of hydrogen-bond donors (Lipinski definition) is 2. The van der Waals surface area contributed by atoms with Gasteiger partial charge in [-0.05, 0) is 18.2 Å². The number of halogens is 5. The van der Waals surface area contributed by atoms with Gasteiger partial charge in [-0.25, -0.2) is 8.78 Å². The summed E-state index contributed by atoms with van der Waals surface area (Å²) >= 11 is 0.433. The van der Waals surface area contributed by atoms with Gasteiger partial charge >= 0.3 is 6.18 Å². The van der Waals surface area contributed by atoms with Crippen LogP contribution in [0.15, 0.2) is 28.3 Å². The molecule has 106 valence electrons. The summed E-state index contributed by atoms with van der Waals surface area (Å²) in [6.45, 7) is 0. The Hall–Kier alpha value is -1.51. The Morgan fingerprint density at radius 1 is 1.37 bits per heavy atom. The molecule has 0 heterocycles. The number of hydrogen-bond acceptors (Lipinski definition) is 3. The van der Waals surface area contributed by atoms with Gasteiger partial charge in [0.25, 0.3) is 0 Å². The number of amidine groups is 1. The molecule has 0 fully saturated rings. The standard InChI is InChI=1S/C10H9F5N2OS/c11-5-1-2-7(12)8(3-5)19-4-6(9(16)17-18)10(13,14)15/h1-3,6,18H,4H2,(H2,16,17). The second-order valence-corrected chi connectivity index (χ2v) is 4.57. The molecule has 1 rings (SSSR count). The zero-order valence-electron chi connectivity index (χ0n) is 9.29. The van der Waals surface area contributed by atoms with Gasteiger partial charge in [-0.15, -0.1) is 11.8 Å². The predicted octanol–water partition coefficient (Wildman–Crippen LogP) is 2.98. The highest BCUT2D eigenvalue weighted by molar-refractivity contribution is 7.99. The van der Waals surface area contributed by atoms with E-state index in [1.54, 1.807) is 0 Å². The Morgan fingerprint density at radius 3 is 2.53 bits per heavy atom. The molecule has 3 N–H and O–H groups in total. The van der Waals surface area contributed by atoms with Gasteiger partial charge in [-0.3, -0.25) is 0 Å². The predicted molar refractivity (Wildman–Crippen MR) is 60.0 cm³/mol. The molecule has 19 heavy (non-hydrogen) atoms. The maximum Gasteiger partial charge on any atom is 0.399 e. The molecular formula is C10H9F5N2OS. The first-order valence-corrected chi connectivity index (χ1v) is 5.86. The Labute approximate surface area is 109 Å². The highest BCUT2D eigenvalue weighted by atomic mass is 32.2. The molecule has 1 aromatic carbocycles. The summed E-state index contributed by atoms with van der Waals surface area (Å²) in [6.07, 6.45) is -4.74. The van der Waals surface area contributed by atoms with E-state index in [9.17, 15) is 22.0 Å². The van der Waals surface area contributed by atoms with Gasteiger partial charge in [0.1, 0.15) is 17.6 Å². The van der Waals surface area contributed by atoms with Crippen molar-refractivity contribution >= 4 is 17.6 Å². The van der Waals surface area contributed by atoms with Gasteiger partial charge in [0.05, 0.1) is 0 Å². The Balaban J connectivity index is 2.85. The number of rotatable bonds is 4. The number of alkyl halides is 3. The van der Waals surface area contributed by atoms with Gasteiger partial charge in [-0.2, -0.15) is 13.2 Å². The van der Waals surface area contributed by atoms with Crippen molar-refractivity contribution in [1.82, 2.24) is 0 Å². The van der Waals surface area contributed by atoms with Crippen LogP contribution in [0.25, 0.3) is 0 Å². The third kappa shape index (κ3) is 4.27. The van der Waals surface area contributed by atoms with Crippen molar-refractivity contribution in [3.63, 3.8) is 0 Å². The molecule has 0 saturated carbocycles. The second-order valence-electron chi connectivity index (χ2n) is 3.50. The van der Waals surface area contributed by atoms with Crippen molar-refractivity contribution in [2.45, 2.75) is 11.1 Å². The summed E-state index contributed by atoms with van der Waals surface area (Å²) in [7, 11) is 0. The van der Waals surface area contributed by atoms with Crippen LogP contribution in [0.5, 0.6) is 0 Å². The van der Waals surface area contributed by atoms with Gasteiger partial charge in [-0.1, -0.05) is 5.16 Å². The van der Waals surface area contributed by atoms with E-state index in [0.29, 0.717) is 11.8 Å². The zero-order chi connectivity index (χ0) is 14.6. The Morgan fingerprint density at radius 2 is 2.00 bits per heavy atom. The summed E-state index contributed by atoms with van der Waals surface area (Å²) in [6, 6.07) is 2.44. The summed E-state index contributed by atoms with van der Waals surface area (Å²) in [5.41, 5.74) is 4.93. The molecule has 9 heteroatoms. The molecule has 1 unspecified atom stereocenters. The molecule has 0 aliphatic carbocycles. The molecule has 0 radical (unpaired) electrons.